The van der Waals surface area contributed by atoms with Gasteiger partial charge in [-0.1, -0.05) is 76.5 Å². The second kappa shape index (κ2) is 13.3. The number of rotatable bonds is 12. The van der Waals surface area contributed by atoms with Crippen LogP contribution in [0.1, 0.15) is 19.3 Å². The standard InChI is InChI=1S/C21H32P4/c22-14-7-16-24(20-10-3-1-4-11-20)18-9-19-25(17-8-15-23)21-12-5-2-6-13-21/h1-6,10-13H,7-9,14-19,22-23H2. The molecule has 2 aromatic rings. The highest BCUT2D eigenvalue weighted by Gasteiger charge is 2.14. The smallest absolute Gasteiger partial charge is 0.0240 e. The van der Waals surface area contributed by atoms with Crippen LogP contribution >= 0.6 is 34.3 Å². The minimum atomic E-state index is 0.0188. The van der Waals surface area contributed by atoms with E-state index in [2.05, 4.69) is 79.1 Å². The lowest BCUT2D eigenvalue weighted by Crippen LogP contribution is -2.10. The van der Waals surface area contributed by atoms with Crippen LogP contribution in [-0.4, -0.2) is 37.0 Å². The van der Waals surface area contributed by atoms with Crippen LogP contribution in [0.5, 0.6) is 0 Å². The third kappa shape index (κ3) is 8.15. The second-order valence-electron chi connectivity index (χ2n) is 6.28. The highest BCUT2D eigenvalue weighted by molar-refractivity contribution is 7.66. The molecule has 4 unspecified atom stereocenters. The van der Waals surface area contributed by atoms with Crippen LogP contribution in [-0.2, 0) is 0 Å². The van der Waals surface area contributed by atoms with Crippen molar-refractivity contribution in [2.24, 2.45) is 0 Å². The largest absolute Gasteiger partial charge is 0.138 e. The summed E-state index contributed by atoms with van der Waals surface area (Å²) < 4.78 is 0. The minimum absolute atomic E-state index is 0.0188. The van der Waals surface area contributed by atoms with E-state index in [-0.39, 0.29) is 15.8 Å². The van der Waals surface area contributed by atoms with Gasteiger partial charge in [-0.2, -0.15) is 0 Å². The van der Waals surface area contributed by atoms with Gasteiger partial charge >= 0.3 is 0 Å². The minimum Gasteiger partial charge on any atom is -0.138 e. The Morgan fingerprint density at radius 1 is 0.520 bits per heavy atom. The monoisotopic (exact) mass is 408 g/mol. The summed E-state index contributed by atoms with van der Waals surface area (Å²) in [5.74, 6) is 0. The fraction of sp³-hybridized carbons (Fsp3) is 0.429. The Hall–Kier alpha value is 0.160. The molecule has 136 valence electrons. The lowest BCUT2D eigenvalue weighted by Gasteiger charge is -2.21. The Morgan fingerprint density at radius 2 is 0.880 bits per heavy atom. The topological polar surface area (TPSA) is 0 Å². The normalized spacial score (nSPS) is 13.5. The molecule has 0 aliphatic heterocycles. The van der Waals surface area contributed by atoms with Crippen LogP contribution in [0, 0.1) is 0 Å². The average molecular weight is 408 g/mol. The first-order valence-electron chi connectivity index (χ1n) is 9.35. The number of benzene rings is 2. The molecule has 2 aromatic carbocycles. The number of hydrogen-bond donors (Lipinski definition) is 0. The highest BCUT2D eigenvalue weighted by Crippen LogP contribution is 2.41. The zero-order chi connectivity index (χ0) is 17.7. The predicted molar refractivity (Wildman–Crippen MR) is 128 cm³/mol. The Bertz CT molecular complexity index is 507. The van der Waals surface area contributed by atoms with Crippen LogP contribution in [0.15, 0.2) is 60.7 Å². The van der Waals surface area contributed by atoms with Gasteiger partial charge in [-0.3, -0.25) is 0 Å². The van der Waals surface area contributed by atoms with E-state index >= 15 is 0 Å². The molecule has 0 N–H and O–H groups in total. The van der Waals surface area contributed by atoms with E-state index in [0.29, 0.717) is 0 Å². The molecule has 0 aromatic heterocycles. The quantitative estimate of drug-likeness (QED) is 0.406. The molecule has 0 heterocycles. The van der Waals surface area contributed by atoms with Crippen molar-refractivity contribution in [2.45, 2.75) is 19.3 Å². The van der Waals surface area contributed by atoms with Crippen LogP contribution in [0.3, 0.4) is 0 Å². The van der Waals surface area contributed by atoms with Crippen molar-refractivity contribution < 1.29 is 0 Å². The zero-order valence-corrected chi connectivity index (χ0v) is 19.3. The molecule has 25 heavy (non-hydrogen) atoms. The lowest BCUT2D eigenvalue weighted by molar-refractivity contribution is 1.06. The van der Waals surface area contributed by atoms with E-state index in [9.17, 15) is 0 Å². The average Bonchev–Trinajstić information content (AvgIpc) is 2.68. The van der Waals surface area contributed by atoms with Crippen LogP contribution in [0.25, 0.3) is 0 Å². The van der Waals surface area contributed by atoms with Crippen molar-refractivity contribution in [3.8, 4) is 0 Å². The first kappa shape index (κ1) is 21.5. The van der Waals surface area contributed by atoms with Crippen molar-refractivity contribution in [3.05, 3.63) is 60.7 Å². The lowest BCUT2D eigenvalue weighted by atomic mass is 10.4. The van der Waals surface area contributed by atoms with Gasteiger partial charge in [0.2, 0.25) is 0 Å². The molecule has 0 aliphatic carbocycles. The maximum atomic E-state index is 2.89. The summed E-state index contributed by atoms with van der Waals surface area (Å²) in [5, 5.41) is 3.20. The van der Waals surface area contributed by atoms with Crippen molar-refractivity contribution in [1.29, 1.82) is 0 Å². The summed E-state index contributed by atoms with van der Waals surface area (Å²) in [6.45, 7) is 0. The molecule has 0 bridgehead atoms. The van der Waals surface area contributed by atoms with E-state index in [1.165, 1.54) is 56.2 Å². The SMILES string of the molecule is PCCCP(CCCP(CCCP)c1ccccc1)c1ccccc1. The molecule has 0 radical (unpaired) electrons. The van der Waals surface area contributed by atoms with E-state index in [1.807, 2.05) is 0 Å². The molecule has 0 saturated carbocycles. The fourth-order valence-corrected chi connectivity index (χ4v) is 9.26. The summed E-state index contributed by atoms with van der Waals surface area (Å²) in [4.78, 5) is 0. The van der Waals surface area contributed by atoms with Gasteiger partial charge in [0.25, 0.3) is 0 Å². The van der Waals surface area contributed by atoms with Gasteiger partial charge in [0.1, 0.15) is 0 Å². The Morgan fingerprint density at radius 3 is 1.24 bits per heavy atom. The maximum Gasteiger partial charge on any atom is -0.0240 e. The molecular weight excluding hydrogens is 376 g/mol. The van der Waals surface area contributed by atoms with Crippen molar-refractivity contribution in [2.75, 3.05) is 37.0 Å². The summed E-state index contributed by atoms with van der Waals surface area (Å²) in [5.41, 5.74) is 0. The zero-order valence-electron chi connectivity index (χ0n) is 15.2. The third-order valence-corrected chi connectivity index (χ3v) is 10.7. The molecule has 0 spiro atoms. The van der Waals surface area contributed by atoms with Gasteiger partial charge in [-0.05, 0) is 66.8 Å². The summed E-state index contributed by atoms with van der Waals surface area (Å²) in [7, 11) is 5.82. The van der Waals surface area contributed by atoms with E-state index in [1.54, 1.807) is 10.6 Å². The van der Waals surface area contributed by atoms with E-state index in [4.69, 9.17) is 0 Å². The molecule has 0 nitrogen and oxygen atoms in total. The van der Waals surface area contributed by atoms with Crippen molar-refractivity contribution in [1.82, 2.24) is 0 Å². The van der Waals surface area contributed by atoms with Crippen molar-refractivity contribution in [3.63, 3.8) is 0 Å². The molecular formula is C21H32P4. The summed E-state index contributed by atoms with van der Waals surface area (Å²) in [6, 6.07) is 22.5. The molecule has 4 atom stereocenters. The van der Waals surface area contributed by atoms with Gasteiger partial charge in [-0.15, -0.1) is 18.5 Å². The van der Waals surface area contributed by atoms with Gasteiger partial charge in [0.05, 0.1) is 0 Å². The molecule has 0 amide bonds. The van der Waals surface area contributed by atoms with Crippen LogP contribution < -0.4 is 10.6 Å². The first-order chi connectivity index (χ1) is 12.3. The van der Waals surface area contributed by atoms with E-state index < -0.39 is 0 Å². The van der Waals surface area contributed by atoms with Gasteiger partial charge < -0.3 is 0 Å². The highest BCUT2D eigenvalue weighted by atomic mass is 31.1. The van der Waals surface area contributed by atoms with Gasteiger partial charge in [0, 0.05) is 0 Å². The number of hydrogen-bond acceptors (Lipinski definition) is 0. The Labute approximate surface area is 161 Å². The van der Waals surface area contributed by atoms with Crippen molar-refractivity contribution >= 4 is 44.9 Å². The van der Waals surface area contributed by atoms with Gasteiger partial charge in [-0.25, -0.2) is 0 Å². The molecule has 0 fully saturated rings. The summed E-state index contributed by atoms with van der Waals surface area (Å²) in [6.07, 6.45) is 12.1. The molecule has 0 aliphatic rings. The molecule has 2 rings (SSSR count). The first-order valence-corrected chi connectivity index (χ1v) is 14.4. The third-order valence-electron chi connectivity index (χ3n) is 4.36. The Balaban J connectivity index is 1.93. The maximum absolute atomic E-state index is 2.89. The van der Waals surface area contributed by atoms with E-state index in [0.717, 1.165) is 0 Å². The second-order valence-corrected chi connectivity index (χ2v) is 12.4. The van der Waals surface area contributed by atoms with Crippen LogP contribution in [0.2, 0.25) is 0 Å². The summed E-state index contributed by atoms with van der Waals surface area (Å²) >= 11 is 0. The predicted octanol–water partition coefficient (Wildman–Crippen LogP) is 5.52. The fourth-order valence-electron chi connectivity index (χ4n) is 3.03. The Kier molecular flexibility index (Phi) is 11.5. The van der Waals surface area contributed by atoms with Gasteiger partial charge in [0.15, 0.2) is 0 Å². The molecule has 4 heteroatoms. The van der Waals surface area contributed by atoms with Crippen LogP contribution in [0.4, 0.5) is 0 Å². The molecule has 0 saturated heterocycles.